The highest BCUT2D eigenvalue weighted by atomic mass is 32.2. The average molecular weight is 684 g/mol. The molecule has 14 heteroatoms. The van der Waals surface area contributed by atoms with Crippen molar-refractivity contribution in [2.45, 2.75) is 6.42 Å². The van der Waals surface area contributed by atoms with E-state index in [0.29, 0.717) is 53.6 Å². The van der Waals surface area contributed by atoms with Crippen LogP contribution in [0.15, 0.2) is 59.5 Å². The van der Waals surface area contributed by atoms with Crippen LogP contribution in [0, 0.1) is 11.6 Å². The van der Waals surface area contributed by atoms with Gasteiger partial charge in [0, 0.05) is 49.4 Å². The highest BCUT2D eigenvalue weighted by Gasteiger charge is 2.33. The number of nitrogens with zero attached hydrogens (tertiary/aromatic N) is 2. The standard InChI is InChI=1S/C33H31F2N3O7S2/c1-43-24-16-22(30(45-15-12-37-10-13-44-14-11-37)25(19-24)21-4-7-26(34)27(35)17-21)18-28-31(40)38(33(46)47-28)9-8-29(39)36-23-5-2-20(3-6-23)32(41)42/h2-7,16-19H,8-15H2,1H3,(H,36,39)(H,41,42)/b28-18-. The maximum atomic E-state index is 14.3. The van der Waals surface area contributed by atoms with Crippen LogP contribution < -0.4 is 14.8 Å². The first-order valence-corrected chi connectivity index (χ1v) is 15.8. The van der Waals surface area contributed by atoms with Crippen molar-refractivity contribution in [2.24, 2.45) is 0 Å². The number of thiocarbonyl (C=S) groups is 1. The number of carbonyl (C=O) groups excluding carboxylic acids is 2. The monoisotopic (exact) mass is 683 g/mol. The summed E-state index contributed by atoms with van der Waals surface area (Å²) in [6.07, 6.45) is 1.55. The molecule has 2 amide bonds. The van der Waals surface area contributed by atoms with E-state index in [1.807, 2.05) is 0 Å². The molecule has 5 rings (SSSR count). The molecule has 0 spiro atoms. The number of anilines is 1. The molecular formula is C33H31F2N3O7S2. The Balaban J connectivity index is 1.37. The SMILES string of the molecule is COc1cc(/C=C2\SC(=S)N(CCC(=O)Nc3ccc(C(=O)O)cc3)C2=O)c(OCCN2CCOCC2)c(-c2ccc(F)c(F)c2)c1. The lowest BCUT2D eigenvalue weighted by Gasteiger charge is -2.26. The van der Waals surface area contributed by atoms with Gasteiger partial charge in [-0.1, -0.05) is 30.0 Å². The van der Waals surface area contributed by atoms with Gasteiger partial charge in [0.15, 0.2) is 11.6 Å². The summed E-state index contributed by atoms with van der Waals surface area (Å²) in [4.78, 5) is 41.0. The number of halogens is 2. The fraction of sp³-hybridized carbons (Fsp3) is 0.273. The van der Waals surface area contributed by atoms with Crippen LogP contribution in [0.3, 0.4) is 0 Å². The normalized spacial score (nSPS) is 16.1. The van der Waals surface area contributed by atoms with E-state index in [-0.39, 0.29) is 40.3 Å². The first-order chi connectivity index (χ1) is 22.6. The van der Waals surface area contributed by atoms with E-state index in [1.54, 1.807) is 18.2 Å². The Bertz CT molecular complexity index is 1710. The number of thioether (sulfide) groups is 1. The Morgan fingerprint density at radius 2 is 1.81 bits per heavy atom. The second-order valence-electron chi connectivity index (χ2n) is 10.5. The number of hydrogen-bond donors (Lipinski definition) is 2. The third-order valence-electron chi connectivity index (χ3n) is 7.45. The highest BCUT2D eigenvalue weighted by Crippen LogP contribution is 2.41. The number of rotatable bonds is 12. The van der Waals surface area contributed by atoms with Gasteiger partial charge in [-0.3, -0.25) is 19.4 Å². The lowest BCUT2D eigenvalue weighted by Crippen LogP contribution is -2.38. The summed E-state index contributed by atoms with van der Waals surface area (Å²) in [5.41, 5.74) is 1.77. The minimum absolute atomic E-state index is 0.0160. The van der Waals surface area contributed by atoms with Gasteiger partial charge >= 0.3 is 5.97 Å². The number of carboxylic acid groups (broad SMARTS) is 1. The zero-order chi connectivity index (χ0) is 33.5. The van der Waals surface area contributed by atoms with Crippen molar-refractivity contribution in [1.29, 1.82) is 0 Å². The number of ether oxygens (including phenoxy) is 3. The van der Waals surface area contributed by atoms with Crippen molar-refractivity contribution in [2.75, 3.05) is 58.4 Å². The predicted octanol–water partition coefficient (Wildman–Crippen LogP) is 5.28. The molecule has 3 aromatic carbocycles. The van der Waals surface area contributed by atoms with Crippen LogP contribution in [0.2, 0.25) is 0 Å². The average Bonchev–Trinajstić information content (AvgIpc) is 3.33. The molecular weight excluding hydrogens is 653 g/mol. The quantitative estimate of drug-likeness (QED) is 0.193. The number of benzene rings is 3. The molecule has 246 valence electrons. The summed E-state index contributed by atoms with van der Waals surface area (Å²) in [5, 5.41) is 11.7. The Kier molecular flexibility index (Phi) is 11.2. The van der Waals surface area contributed by atoms with E-state index in [4.69, 9.17) is 31.5 Å². The van der Waals surface area contributed by atoms with Gasteiger partial charge in [0.25, 0.3) is 5.91 Å². The molecule has 0 saturated carbocycles. The van der Waals surface area contributed by atoms with Gasteiger partial charge in [-0.25, -0.2) is 13.6 Å². The number of nitrogens with one attached hydrogen (secondary N) is 1. The van der Waals surface area contributed by atoms with Gasteiger partial charge in [-0.15, -0.1) is 0 Å². The second-order valence-corrected chi connectivity index (χ2v) is 12.2. The van der Waals surface area contributed by atoms with Crippen LogP contribution in [0.5, 0.6) is 11.5 Å². The van der Waals surface area contributed by atoms with Crippen molar-refractivity contribution in [3.63, 3.8) is 0 Å². The first-order valence-electron chi connectivity index (χ1n) is 14.6. The van der Waals surface area contributed by atoms with Crippen molar-refractivity contribution < 1.29 is 42.5 Å². The molecule has 2 N–H and O–H groups in total. The Morgan fingerprint density at radius 1 is 1.06 bits per heavy atom. The zero-order valence-electron chi connectivity index (χ0n) is 25.3. The molecule has 0 atom stereocenters. The Morgan fingerprint density at radius 3 is 2.49 bits per heavy atom. The van der Waals surface area contributed by atoms with Gasteiger partial charge in [0.1, 0.15) is 22.4 Å². The second kappa shape index (κ2) is 15.5. The molecule has 2 aliphatic heterocycles. The van der Waals surface area contributed by atoms with Crippen molar-refractivity contribution in [3.8, 4) is 22.6 Å². The highest BCUT2D eigenvalue weighted by molar-refractivity contribution is 8.26. The largest absolute Gasteiger partial charge is 0.497 e. The van der Waals surface area contributed by atoms with Crippen molar-refractivity contribution in [3.05, 3.63) is 82.3 Å². The predicted molar refractivity (Wildman–Crippen MR) is 178 cm³/mol. The topological polar surface area (TPSA) is 118 Å². The number of amides is 2. The first kappa shape index (κ1) is 34.0. The van der Waals surface area contributed by atoms with E-state index >= 15 is 0 Å². The fourth-order valence-electron chi connectivity index (χ4n) is 4.96. The summed E-state index contributed by atoms with van der Waals surface area (Å²) in [5.74, 6) is -3.12. The minimum Gasteiger partial charge on any atom is -0.497 e. The van der Waals surface area contributed by atoms with Gasteiger partial charge < -0.3 is 24.6 Å². The van der Waals surface area contributed by atoms with E-state index < -0.39 is 23.5 Å². The van der Waals surface area contributed by atoms with Gasteiger partial charge in [-0.2, -0.15) is 0 Å². The van der Waals surface area contributed by atoms with Crippen LogP contribution in [-0.2, 0) is 14.3 Å². The smallest absolute Gasteiger partial charge is 0.335 e. The molecule has 2 heterocycles. The van der Waals surface area contributed by atoms with Gasteiger partial charge in [-0.05, 0) is 60.2 Å². The van der Waals surface area contributed by atoms with Crippen LogP contribution in [0.25, 0.3) is 17.2 Å². The molecule has 47 heavy (non-hydrogen) atoms. The van der Waals surface area contributed by atoms with Gasteiger partial charge in [0.2, 0.25) is 5.91 Å². The molecule has 0 bridgehead atoms. The molecule has 10 nitrogen and oxygen atoms in total. The van der Waals surface area contributed by atoms with E-state index in [0.717, 1.165) is 37.0 Å². The van der Waals surface area contributed by atoms with E-state index in [1.165, 1.54) is 42.3 Å². The summed E-state index contributed by atoms with van der Waals surface area (Å²) in [6, 6.07) is 12.6. The molecule has 0 aromatic heterocycles. The maximum absolute atomic E-state index is 14.3. The Labute approximate surface area is 279 Å². The third-order valence-corrected chi connectivity index (χ3v) is 8.83. The lowest BCUT2D eigenvalue weighted by atomic mass is 10.00. The zero-order valence-corrected chi connectivity index (χ0v) is 26.9. The van der Waals surface area contributed by atoms with Crippen LogP contribution in [0.4, 0.5) is 14.5 Å². The van der Waals surface area contributed by atoms with E-state index in [9.17, 15) is 23.2 Å². The third kappa shape index (κ3) is 8.51. The molecule has 0 radical (unpaired) electrons. The number of aromatic carboxylic acids is 1. The van der Waals surface area contributed by atoms with E-state index in [2.05, 4.69) is 10.2 Å². The number of carbonyl (C=O) groups is 3. The molecule has 2 saturated heterocycles. The van der Waals surface area contributed by atoms with Crippen LogP contribution in [-0.4, -0.2) is 90.1 Å². The fourth-order valence-corrected chi connectivity index (χ4v) is 6.26. The van der Waals surface area contributed by atoms with Gasteiger partial charge in [0.05, 0.1) is 30.8 Å². The molecule has 2 aliphatic rings. The summed E-state index contributed by atoms with van der Waals surface area (Å²) < 4.78 is 45.7. The lowest BCUT2D eigenvalue weighted by molar-refractivity contribution is -0.122. The summed E-state index contributed by atoms with van der Waals surface area (Å²) >= 11 is 6.54. The maximum Gasteiger partial charge on any atom is 0.335 e. The van der Waals surface area contributed by atoms with Crippen LogP contribution >= 0.6 is 24.0 Å². The number of carboxylic acids is 1. The molecule has 0 aliphatic carbocycles. The molecule has 3 aromatic rings. The van der Waals surface area contributed by atoms with Crippen molar-refractivity contribution >= 4 is 57.8 Å². The summed E-state index contributed by atoms with van der Waals surface area (Å²) in [7, 11) is 1.47. The minimum atomic E-state index is -1.08. The number of methoxy groups -OCH3 is 1. The van der Waals surface area contributed by atoms with Crippen molar-refractivity contribution in [1.82, 2.24) is 9.80 Å². The molecule has 2 fully saturated rings. The van der Waals surface area contributed by atoms with Crippen LogP contribution in [0.1, 0.15) is 22.3 Å². The molecule has 0 unspecified atom stereocenters. The Hall–Kier alpha value is -4.37. The number of hydrogen-bond acceptors (Lipinski definition) is 9. The summed E-state index contributed by atoms with van der Waals surface area (Å²) in [6.45, 7) is 3.65. The number of morpholine rings is 1.